The van der Waals surface area contributed by atoms with Crippen molar-refractivity contribution < 1.29 is 4.79 Å². The van der Waals surface area contributed by atoms with Crippen LogP contribution in [0, 0.1) is 13.8 Å². The highest BCUT2D eigenvalue weighted by atomic mass is 16.1. The van der Waals surface area contributed by atoms with Gasteiger partial charge in [0.2, 0.25) is 0 Å². The number of ketones is 1. The molecule has 0 radical (unpaired) electrons. The number of benzene rings is 1. The molecule has 2 nitrogen and oxygen atoms in total. The van der Waals surface area contributed by atoms with E-state index in [0.29, 0.717) is 12.2 Å². The van der Waals surface area contributed by atoms with Gasteiger partial charge in [-0.25, -0.2) is 0 Å². The van der Waals surface area contributed by atoms with E-state index in [-0.39, 0.29) is 5.41 Å². The maximum absolute atomic E-state index is 12.6. The van der Waals surface area contributed by atoms with Crippen molar-refractivity contribution in [3.8, 4) is 0 Å². The van der Waals surface area contributed by atoms with Gasteiger partial charge in [0, 0.05) is 6.42 Å². The highest BCUT2D eigenvalue weighted by molar-refractivity contribution is 5.97. The normalized spacial score (nSPS) is 22.5. The fraction of sp³-hybridized carbons (Fsp3) is 0.562. The summed E-state index contributed by atoms with van der Waals surface area (Å²) in [5.41, 5.74) is 5.15. The van der Waals surface area contributed by atoms with Gasteiger partial charge in [0.1, 0.15) is 5.78 Å². The SMILES string of the molecule is Cc1ccc2c(c1C)CC(=O)C21CCN(C)CC1. The van der Waals surface area contributed by atoms with Gasteiger partial charge in [-0.1, -0.05) is 12.1 Å². The average molecular weight is 243 g/mol. The van der Waals surface area contributed by atoms with E-state index in [1.807, 2.05) is 0 Å². The van der Waals surface area contributed by atoms with Crippen LogP contribution >= 0.6 is 0 Å². The molecule has 3 rings (SSSR count). The van der Waals surface area contributed by atoms with Crippen molar-refractivity contribution >= 4 is 5.78 Å². The topological polar surface area (TPSA) is 20.3 Å². The van der Waals surface area contributed by atoms with Crippen molar-refractivity contribution in [1.29, 1.82) is 0 Å². The Balaban J connectivity index is 2.10. The third-order valence-corrected chi connectivity index (χ3v) is 5.10. The molecule has 0 atom stereocenters. The average Bonchev–Trinajstić information content (AvgIpc) is 2.63. The number of carbonyl (C=O) groups excluding carboxylic acids is 1. The minimum Gasteiger partial charge on any atom is -0.306 e. The first-order valence-corrected chi connectivity index (χ1v) is 6.86. The van der Waals surface area contributed by atoms with Crippen LogP contribution in [0.1, 0.15) is 35.1 Å². The Morgan fingerprint density at radius 3 is 2.50 bits per heavy atom. The van der Waals surface area contributed by atoms with Crippen molar-refractivity contribution in [2.45, 2.75) is 38.5 Å². The Morgan fingerprint density at radius 2 is 1.83 bits per heavy atom. The monoisotopic (exact) mass is 243 g/mol. The number of rotatable bonds is 0. The van der Waals surface area contributed by atoms with Gasteiger partial charge in [0.05, 0.1) is 5.41 Å². The number of piperidine rings is 1. The summed E-state index contributed by atoms with van der Waals surface area (Å²) >= 11 is 0. The molecule has 0 amide bonds. The lowest BCUT2D eigenvalue weighted by Gasteiger charge is -2.37. The summed E-state index contributed by atoms with van der Waals surface area (Å²) in [5.74, 6) is 0.458. The summed E-state index contributed by atoms with van der Waals surface area (Å²) in [6.07, 6.45) is 2.65. The summed E-state index contributed by atoms with van der Waals surface area (Å²) in [7, 11) is 2.15. The first-order valence-electron chi connectivity index (χ1n) is 6.86. The van der Waals surface area contributed by atoms with Gasteiger partial charge in [-0.05, 0) is 69.1 Å². The predicted molar refractivity (Wildman–Crippen MR) is 73.0 cm³/mol. The van der Waals surface area contributed by atoms with Gasteiger partial charge >= 0.3 is 0 Å². The van der Waals surface area contributed by atoms with Crippen LogP contribution in [0.3, 0.4) is 0 Å². The molecule has 2 heteroatoms. The fourth-order valence-electron chi connectivity index (χ4n) is 3.58. The molecular formula is C16H21NO. The van der Waals surface area contributed by atoms with Crippen molar-refractivity contribution in [1.82, 2.24) is 4.90 Å². The Hall–Kier alpha value is -1.15. The van der Waals surface area contributed by atoms with Gasteiger partial charge in [-0.3, -0.25) is 4.79 Å². The Kier molecular flexibility index (Phi) is 2.60. The van der Waals surface area contributed by atoms with Gasteiger partial charge < -0.3 is 4.90 Å². The number of hydrogen-bond donors (Lipinski definition) is 0. The van der Waals surface area contributed by atoms with Crippen molar-refractivity contribution in [3.63, 3.8) is 0 Å². The van der Waals surface area contributed by atoms with Gasteiger partial charge in [-0.15, -0.1) is 0 Å². The molecule has 2 aliphatic rings. The smallest absolute Gasteiger partial charge is 0.147 e. The van der Waals surface area contributed by atoms with Gasteiger partial charge in [0.15, 0.2) is 0 Å². The van der Waals surface area contributed by atoms with Crippen LogP contribution < -0.4 is 0 Å². The third-order valence-electron chi connectivity index (χ3n) is 5.10. The van der Waals surface area contributed by atoms with Crippen molar-refractivity contribution in [3.05, 3.63) is 34.4 Å². The largest absolute Gasteiger partial charge is 0.306 e. The first-order chi connectivity index (χ1) is 8.54. The Morgan fingerprint density at radius 1 is 1.17 bits per heavy atom. The molecule has 0 bridgehead atoms. The maximum atomic E-state index is 12.6. The molecule has 1 aromatic carbocycles. The first kappa shape index (κ1) is 11.9. The molecule has 1 aromatic rings. The van der Waals surface area contributed by atoms with Gasteiger partial charge in [-0.2, -0.15) is 0 Å². The lowest BCUT2D eigenvalue weighted by molar-refractivity contribution is -0.124. The second-order valence-electron chi connectivity index (χ2n) is 6.02. The standard InChI is InChI=1S/C16H21NO/c1-11-4-5-14-13(12(11)2)10-15(18)16(14)6-8-17(3)9-7-16/h4-5H,6-10H2,1-3H3. The molecular weight excluding hydrogens is 222 g/mol. The Labute approximate surface area is 109 Å². The molecule has 0 unspecified atom stereocenters. The summed E-state index contributed by atoms with van der Waals surface area (Å²) in [6.45, 7) is 6.38. The van der Waals surface area contributed by atoms with E-state index in [9.17, 15) is 4.79 Å². The lowest BCUT2D eigenvalue weighted by atomic mass is 9.73. The van der Waals surface area contributed by atoms with Crippen LogP contribution in [0.2, 0.25) is 0 Å². The molecule has 18 heavy (non-hydrogen) atoms. The number of hydrogen-bond acceptors (Lipinski definition) is 2. The summed E-state index contributed by atoms with van der Waals surface area (Å²) < 4.78 is 0. The number of likely N-dealkylation sites (tertiary alicyclic amines) is 1. The molecule has 1 aliphatic heterocycles. The second kappa shape index (κ2) is 3.92. The molecule has 1 spiro atoms. The van der Waals surface area contributed by atoms with E-state index in [1.165, 1.54) is 22.3 Å². The van der Waals surface area contributed by atoms with Crippen LogP contribution in [0.25, 0.3) is 0 Å². The summed E-state index contributed by atoms with van der Waals surface area (Å²) in [5, 5.41) is 0. The highest BCUT2D eigenvalue weighted by Gasteiger charge is 2.47. The predicted octanol–water partition coefficient (Wildman–Crippen LogP) is 2.39. The van der Waals surface area contributed by atoms with Crippen LogP contribution in [0.15, 0.2) is 12.1 Å². The van der Waals surface area contributed by atoms with Crippen molar-refractivity contribution in [2.75, 3.05) is 20.1 Å². The summed E-state index contributed by atoms with van der Waals surface area (Å²) in [4.78, 5) is 14.9. The zero-order chi connectivity index (χ0) is 12.9. The van der Waals surface area contributed by atoms with E-state index >= 15 is 0 Å². The molecule has 1 aliphatic carbocycles. The summed E-state index contributed by atoms with van der Waals surface area (Å²) in [6, 6.07) is 4.40. The van der Waals surface area contributed by atoms with E-state index in [0.717, 1.165) is 25.9 Å². The number of carbonyl (C=O) groups is 1. The Bertz CT molecular complexity index is 510. The molecule has 0 aromatic heterocycles. The van der Waals surface area contributed by atoms with Crippen LogP contribution in [-0.4, -0.2) is 30.8 Å². The number of nitrogens with zero attached hydrogens (tertiary/aromatic N) is 1. The van der Waals surface area contributed by atoms with E-state index < -0.39 is 0 Å². The number of Topliss-reactive ketones (excluding diaryl/α,β-unsaturated/α-hetero) is 1. The molecule has 1 fully saturated rings. The molecule has 1 saturated heterocycles. The quantitative estimate of drug-likeness (QED) is 0.697. The van der Waals surface area contributed by atoms with Crippen LogP contribution in [-0.2, 0) is 16.6 Å². The maximum Gasteiger partial charge on any atom is 0.147 e. The lowest BCUT2D eigenvalue weighted by Crippen LogP contribution is -2.44. The van der Waals surface area contributed by atoms with E-state index in [2.05, 4.69) is 37.9 Å². The molecule has 96 valence electrons. The van der Waals surface area contributed by atoms with E-state index in [1.54, 1.807) is 0 Å². The molecule has 0 N–H and O–H groups in total. The molecule has 0 saturated carbocycles. The van der Waals surface area contributed by atoms with E-state index in [4.69, 9.17) is 0 Å². The zero-order valence-corrected chi connectivity index (χ0v) is 11.5. The zero-order valence-electron chi connectivity index (χ0n) is 11.5. The van der Waals surface area contributed by atoms with Gasteiger partial charge in [0.25, 0.3) is 0 Å². The van der Waals surface area contributed by atoms with Crippen LogP contribution in [0.5, 0.6) is 0 Å². The fourth-order valence-corrected chi connectivity index (χ4v) is 3.58. The minimum atomic E-state index is -0.152. The molecule has 1 heterocycles. The number of fused-ring (bicyclic) bond motifs is 2. The third kappa shape index (κ3) is 1.48. The van der Waals surface area contributed by atoms with Crippen LogP contribution in [0.4, 0.5) is 0 Å². The number of aryl methyl sites for hydroxylation is 1. The second-order valence-corrected chi connectivity index (χ2v) is 6.02. The highest BCUT2D eigenvalue weighted by Crippen LogP contribution is 2.45. The van der Waals surface area contributed by atoms with Crippen molar-refractivity contribution in [2.24, 2.45) is 0 Å². The minimum absolute atomic E-state index is 0.152.